The van der Waals surface area contributed by atoms with E-state index >= 15 is 0 Å². The van der Waals surface area contributed by atoms with Crippen LogP contribution in [0.3, 0.4) is 0 Å². The number of hydrogen-bond donors (Lipinski definition) is 1. The van der Waals surface area contributed by atoms with E-state index in [4.69, 9.17) is 10.6 Å². The van der Waals surface area contributed by atoms with Crippen molar-refractivity contribution in [2.24, 2.45) is 11.7 Å². The number of carbonyl (C=O) groups is 1. The number of nitrogens with two attached hydrogens (primary N) is 1. The van der Waals surface area contributed by atoms with Crippen LogP contribution < -0.4 is 10.5 Å². The number of halogens is 4. The second kappa shape index (κ2) is 9.13. The minimum absolute atomic E-state index is 0.0855. The van der Waals surface area contributed by atoms with Gasteiger partial charge in [-0.25, -0.2) is 13.8 Å². The van der Waals surface area contributed by atoms with Crippen LogP contribution in [0.25, 0.3) is 5.70 Å². The fourth-order valence-corrected chi connectivity index (χ4v) is 2.89. The summed E-state index contributed by atoms with van der Waals surface area (Å²) >= 11 is 0. The number of rotatable bonds is 9. The van der Waals surface area contributed by atoms with Crippen LogP contribution >= 0.6 is 0 Å². The first-order valence-corrected chi connectivity index (χ1v) is 9.05. The minimum atomic E-state index is -3.26. The number of allylic oxidation sites excluding steroid dienone is 5. The first-order valence-electron chi connectivity index (χ1n) is 9.05. The number of ether oxygens (including phenoxy) is 1. The van der Waals surface area contributed by atoms with E-state index in [0.717, 1.165) is 24.0 Å². The maximum absolute atomic E-state index is 14.9. The number of benzene rings is 1. The summed E-state index contributed by atoms with van der Waals surface area (Å²) in [5, 5.41) is 1.04. The molecule has 2 aliphatic rings. The van der Waals surface area contributed by atoms with Gasteiger partial charge in [0.05, 0.1) is 17.9 Å². The highest BCUT2D eigenvalue weighted by molar-refractivity contribution is 5.81. The maximum atomic E-state index is 14.9. The fraction of sp³-hybridized carbons (Fsp3) is 0.350. The predicted octanol–water partition coefficient (Wildman–Crippen LogP) is 3.92. The van der Waals surface area contributed by atoms with Crippen LogP contribution in [0.15, 0.2) is 42.0 Å². The largest absolute Gasteiger partial charge is 0.434 e. The molecule has 1 saturated carbocycles. The Balaban J connectivity index is 2.15. The van der Waals surface area contributed by atoms with Crippen molar-refractivity contribution in [3.63, 3.8) is 0 Å². The number of amides is 1. The van der Waals surface area contributed by atoms with Crippen molar-refractivity contribution < 1.29 is 31.9 Å². The van der Waals surface area contributed by atoms with Crippen LogP contribution in [0.1, 0.15) is 24.8 Å². The van der Waals surface area contributed by atoms with Gasteiger partial charge < -0.3 is 10.5 Å². The van der Waals surface area contributed by atoms with E-state index in [2.05, 4.69) is 4.74 Å². The predicted molar refractivity (Wildman–Crippen MR) is 97.4 cm³/mol. The zero-order valence-electron chi connectivity index (χ0n) is 15.4. The third-order valence-corrected chi connectivity index (χ3v) is 4.41. The summed E-state index contributed by atoms with van der Waals surface area (Å²) in [6.07, 6.45) is 8.87. The van der Waals surface area contributed by atoms with Crippen LogP contribution in [0.5, 0.6) is 5.75 Å². The summed E-state index contributed by atoms with van der Waals surface area (Å²) in [5.74, 6) is -3.74. The molecule has 9 heteroatoms. The Morgan fingerprint density at radius 3 is 2.59 bits per heavy atom. The van der Waals surface area contributed by atoms with Crippen LogP contribution in [-0.4, -0.2) is 30.7 Å². The van der Waals surface area contributed by atoms with Crippen LogP contribution in [0.4, 0.5) is 17.6 Å². The molecule has 0 unspecified atom stereocenters. The Kier molecular flexibility index (Phi) is 6.58. The van der Waals surface area contributed by atoms with Crippen molar-refractivity contribution in [1.82, 2.24) is 5.06 Å². The average molecular weight is 412 g/mol. The molecule has 0 spiro atoms. The first-order chi connectivity index (χ1) is 13.9. The molecular formula is C20H20F4N2O3. The van der Waals surface area contributed by atoms with E-state index in [1.165, 1.54) is 0 Å². The molecule has 29 heavy (non-hydrogen) atoms. The molecule has 0 radical (unpaired) electrons. The lowest BCUT2D eigenvalue weighted by Crippen LogP contribution is -2.34. The van der Waals surface area contributed by atoms with Gasteiger partial charge in [0.2, 0.25) is 5.91 Å². The summed E-state index contributed by atoms with van der Waals surface area (Å²) in [6, 6.07) is 1.60. The molecule has 3 rings (SSSR count). The van der Waals surface area contributed by atoms with Crippen LogP contribution in [0, 0.1) is 17.6 Å². The highest BCUT2D eigenvalue weighted by Crippen LogP contribution is 2.38. The number of hydroxylamine groups is 2. The van der Waals surface area contributed by atoms with Gasteiger partial charge in [-0.2, -0.15) is 8.78 Å². The molecule has 0 atom stereocenters. The highest BCUT2D eigenvalue weighted by Gasteiger charge is 2.30. The van der Waals surface area contributed by atoms with Crippen LogP contribution in [-0.2, 0) is 9.63 Å². The standard InChI is InChI=1S/C20H20F4N2O3/c21-14-8-9-15(29-20(23)24)17(18(14)22)19(13-4-2-1-3-5-13)26(10-16(25)27)28-11-12-6-7-12/h1-4,8-9,12,20H,5-7,10-11H2,(H2,25,27). The van der Waals surface area contributed by atoms with E-state index < -0.39 is 42.0 Å². The van der Waals surface area contributed by atoms with Crippen molar-refractivity contribution in [1.29, 1.82) is 0 Å². The molecule has 0 aromatic heterocycles. The molecule has 5 nitrogen and oxygen atoms in total. The fourth-order valence-electron chi connectivity index (χ4n) is 2.89. The summed E-state index contributed by atoms with van der Waals surface area (Å²) < 4.78 is 59.2. The lowest BCUT2D eigenvalue weighted by molar-refractivity contribution is -0.140. The quantitative estimate of drug-likeness (QED) is 0.493. The van der Waals surface area contributed by atoms with Gasteiger partial charge in [-0.3, -0.25) is 9.63 Å². The zero-order chi connectivity index (χ0) is 21.0. The van der Waals surface area contributed by atoms with E-state index in [9.17, 15) is 22.4 Å². The van der Waals surface area contributed by atoms with Gasteiger partial charge in [0.15, 0.2) is 11.6 Å². The Labute approximate surface area is 165 Å². The van der Waals surface area contributed by atoms with Gasteiger partial charge in [0.1, 0.15) is 12.3 Å². The number of carbonyl (C=O) groups excluding carboxylic acids is 1. The molecule has 156 valence electrons. The second-order valence-corrected chi connectivity index (χ2v) is 6.72. The van der Waals surface area contributed by atoms with Crippen molar-refractivity contribution in [3.05, 3.63) is 59.2 Å². The number of alkyl halides is 2. The van der Waals surface area contributed by atoms with E-state index in [0.29, 0.717) is 11.6 Å². The highest BCUT2D eigenvalue weighted by atomic mass is 19.3. The SMILES string of the molecule is NC(=O)CN(OCC1CC1)C(=C1C=CC=CC1)c1c(OC(F)F)ccc(F)c1F. The number of hydrogen-bond acceptors (Lipinski definition) is 4. The molecule has 0 saturated heterocycles. The average Bonchev–Trinajstić information content (AvgIpc) is 3.49. The first kappa shape index (κ1) is 20.9. The molecule has 0 aliphatic heterocycles. The molecular weight excluding hydrogens is 392 g/mol. The van der Waals surface area contributed by atoms with Gasteiger partial charge >= 0.3 is 6.61 Å². The molecule has 1 aromatic carbocycles. The lowest BCUT2D eigenvalue weighted by Gasteiger charge is -2.29. The van der Waals surface area contributed by atoms with Gasteiger partial charge in [0, 0.05) is 0 Å². The van der Waals surface area contributed by atoms with Crippen molar-refractivity contribution in [2.45, 2.75) is 25.9 Å². The normalized spacial score (nSPS) is 17.6. The van der Waals surface area contributed by atoms with E-state index in [1.54, 1.807) is 24.3 Å². The molecule has 0 heterocycles. The summed E-state index contributed by atoms with van der Waals surface area (Å²) in [6.45, 7) is -3.51. The Morgan fingerprint density at radius 2 is 2.00 bits per heavy atom. The Morgan fingerprint density at radius 1 is 1.24 bits per heavy atom. The molecule has 2 aliphatic carbocycles. The minimum Gasteiger partial charge on any atom is -0.434 e. The second-order valence-electron chi connectivity index (χ2n) is 6.72. The van der Waals surface area contributed by atoms with Gasteiger partial charge in [0.25, 0.3) is 0 Å². The van der Waals surface area contributed by atoms with Crippen molar-refractivity contribution in [3.8, 4) is 5.75 Å². The maximum Gasteiger partial charge on any atom is 0.387 e. The van der Waals surface area contributed by atoms with Gasteiger partial charge in [-0.05, 0) is 42.9 Å². The molecule has 1 aromatic rings. The summed E-state index contributed by atoms with van der Waals surface area (Å²) in [7, 11) is 0. The van der Waals surface area contributed by atoms with Crippen LogP contribution in [0.2, 0.25) is 0 Å². The zero-order valence-corrected chi connectivity index (χ0v) is 15.4. The van der Waals surface area contributed by atoms with Gasteiger partial charge in [-0.15, -0.1) is 0 Å². The van der Waals surface area contributed by atoms with Gasteiger partial charge in [-0.1, -0.05) is 24.3 Å². The Bertz CT molecular complexity index is 864. The monoisotopic (exact) mass is 412 g/mol. The number of primary amides is 1. The molecule has 2 N–H and O–H groups in total. The smallest absolute Gasteiger partial charge is 0.387 e. The van der Waals surface area contributed by atoms with E-state index in [-0.39, 0.29) is 24.6 Å². The molecule has 1 amide bonds. The van der Waals surface area contributed by atoms with E-state index in [1.807, 2.05) is 0 Å². The Hall–Kier alpha value is -2.81. The van der Waals surface area contributed by atoms with Crippen molar-refractivity contribution in [2.75, 3.05) is 13.2 Å². The lowest BCUT2D eigenvalue weighted by atomic mass is 9.99. The number of nitrogens with zero attached hydrogens (tertiary/aromatic N) is 1. The third kappa shape index (κ3) is 5.38. The topological polar surface area (TPSA) is 64.8 Å². The van der Waals surface area contributed by atoms with Crippen molar-refractivity contribution >= 4 is 11.6 Å². The summed E-state index contributed by atoms with van der Waals surface area (Å²) in [4.78, 5) is 17.3. The molecule has 1 fully saturated rings. The molecule has 0 bridgehead atoms. The summed E-state index contributed by atoms with van der Waals surface area (Å²) in [5.41, 5.74) is 5.09. The third-order valence-electron chi connectivity index (χ3n) is 4.41.